The summed E-state index contributed by atoms with van der Waals surface area (Å²) in [5.41, 5.74) is 1.23. The summed E-state index contributed by atoms with van der Waals surface area (Å²) in [5, 5.41) is 2.91. The lowest BCUT2D eigenvalue weighted by molar-refractivity contribution is -0.114. The SMILES string of the molecule is CC(=O)Nc1cccc(C(=O)CBr)c1. The van der Waals surface area contributed by atoms with E-state index in [2.05, 4.69) is 21.2 Å². The number of Topliss-reactive ketones (excluding diaryl/α,β-unsaturated/α-hetero) is 1. The van der Waals surface area contributed by atoms with E-state index in [0.29, 0.717) is 11.3 Å². The van der Waals surface area contributed by atoms with Gasteiger partial charge in [-0.2, -0.15) is 0 Å². The van der Waals surface area contributed by atoms with E-state index < -0.39 is 0 Å². The first-order chi connectivity index (χ1) is 6.63. The van der Waals surface area contributed by atoms with E-state index in [1.165, 1.54) is 6.92 Å². The third-order valence-electron chi connectivity index (χ3n) is 1.63. The van der Waals surface area contributed by atoms with Gasteiger partial charge in [0, 0.05) is 18.2 Å². The molecule has 1 aromatic rings. The van der Waals surface area contributed by atoms with Crippen LogP contribution in [0.4, 0.5) is 5.69 Å². The Morgan fingerprint density at radius 2 is 2.14 bits per heavy atom. The zero-order chi connectivity index (χ0) is 10.6. The highest BCUT2D eigenvalue weighted by Crippen LogP contribution is 2.11. The van der Waals surface area contributed by atoms with Crippen molar-refractivity contribution in [1.82, 2.24) is 0 Å². The number of carbonyl (C=O) groups excluding carboxylic acids is 2. The van der Waals surface area contributed by atoms with Crippen LogP contribution in [0.15, 0.2) is 24.3 Å². The lowest BCUT2D eigenvalue weighted by atomic mass is 10.1. The second-order valence-electron chi connectivity index (χ2n) is 2.82. The first kappa shape index (κ1) is 10.9. The maximum Gasteiger partial charge on any atom is 0.221 e. The summed E-state index contributed by atoms with van der Waals surface area (Å²) in [7, 11) is 0. The number of ketones is 1. The average molecular weight is 256 g/mol. The number of benzene rings is 1. The molecular formula is C10H10BrNO2. The van der Waals surface area contributed by atoms with Crippen LogP contribution in [-0.2, 0) is 4.79 Å². The van der Waals surface area contributed by atoms with Gasteiger partial charge in [0.2, 0.25) is 5.91 Å². The third kappa shape index (κ3) is 2.96. The largest absolute Gasteiger partial charge is 0.326 e. The summed E-state index contributed by atoms with van der Waals surface area (Å²) in [6, 6.07) is 6.85. The van der Waals surface area contributed by atoms with Gasteiger partial charge >= 0.3 is 0 Å². The molecule has 1 aromatic carbocycles. The molecule has 74 valence electrons. The van der Waals surface area contributed by atoms with Crippen LogP contribution in [0.3, 0.4) is 0 Å². The predicted octanol–water partition coefficient (Wildman–Crippen LogP) is 2.22. The summed E-state index contributed by atoms with van der Waals surface area (Å²) in [4.78, 5) is 22.1. The molecular weight excluding hydrogens is 246 g/mol. The Labute approximate surface area is 90.6 Å². The maximum absolute atomic E-state index is 11.3. The molecule has 1 amide bonds. The molecule has 0 spiro atoms. The highest BCUT2D eigenvalue weighted by molar-refractivity contribution is 9.09. The molecule has 0 unspecified atom stereocenters. The molecule has 0 heterocycles. The van der Waals surface area contributed by atoms with Gasteiger partial charge in [0.1, 0.15) is 0 Å². The van der Waals surface area contributed by atoms with E-state index in [1.807, 2.05) is 0 Å². The highest BCUT2D eigenvalue weighted by atomic mass is 79.9. The van der Waals surface area contributed by atoms with Gasteiger partial charge in [-0.25, -0.2) is 0 Å². The monoisotopic (exact) mass is 255 g/mol. The van der Waals surface area contributed by atoms with E-state index in [1.54, 1.807) is 24.3 Å². The molecule has 0 aliphatic heterocycles. The zero-order valence-corrected chi connectivity index (χ0v) is 9.30. The summed E-state index contributed by atoms with van der Waals surface area (Å²) < 4.78 is 0. The number of anilines is 1. The minimum absolute atomic E-state index is 0.00259. The van der Waals surface area contributed by atoms with Gasteiger partial charge in [0.05, 0.1) is 5.33 Å². The number of hydrogen-bond acceptors (Lipinski definition) is 2. The van der Waals surface area contributed by atoms with E-state index in [4.69, 9.17) is 0 Å². The third-order valence-corrected chi connectivity index (χ3v) is 2.14. The van der Waals surface area contributed by atoms with Crippen LogP contribution < -0.4 is 5.32 Å². The first-order valence-electron chi connectivity index (χ1n) is 4.10. The highest BCUT2D eigenvalue weighted by Gasteiger charge is 2.04. The molecule has 0 atom stereocenters. The van der Waals surface area contributed by atoms with Crippen LogP contribution in [0.2, 0.25) is 0 Å². The molecule has 0 radical (unpaired) electrons. The molecule has 0 aliphatic carbocycles. The normalized spacial score (nSPS) is 9.57. The summed E-state index contributed by atoms with van der Waals surface area (Å²) in [6.45, 7) is 1.43. The number of halogens is 1. The fraction of sp³-hybridized carbons (Fsp3) is 0.200. The molecule has 0 fully saturated rings. The second kappa shape index (κ2) is 4.91. The first-order valence-corrected chi connectivity index (χ1v) is 5.22. The molecule has 14 heavy (non-hydrogen) atoms. The van der Waals surface area contributed by atoms with Gasteiger partial charge in [0.25, 0.3) is 0 Å². The van der Waals surface area contributed by atoms with Crippen LogP contribution in [0.1, 0.15) is 17.3 Å². The van der Waals surface area contributed by atoms with Gasteiger partial charge in [-0.1, -0.05) is 28.1 Å². The lowest BCUT2D eigenvalue weighted by Crippen LogP contribution is -2.07. The quantitative estimate of drug-likeness (QED) is 0.665. The molecule has 0 aromatic heterocycles. The van der Waals surface area contributed by atoms with Gasteiger partial charge in [0.15, 0.2) is 5.78 Å². The van der Waals surface area contributed by atoms with Crippen molar-refractivity contribution in [3.05, 3.63) is 29.8 Å². The zero-order valence-electron chi connectivity index (χ0n) is 7.71. The Hall–Kier alpha value is -1.16. The summed E-state index contributed by atoms with van der Waals surface area (Å²) in [5.74, 6) is -0.148. The summed E-state index contributed by atoms with van der Waals surface area (Å²) >= 11 is 3.09. The Kier molecular flexibility index (Phi) is 3.83. The van der Waals surface area contributed by atoms with Crippen LogP contribution in [0.5, 0.6) is 0 Å². The molecule has 1 rings (SSSR count). The standard InChI is InChI=1S/C10H10BrNO2/c1-7(13)12-9-4-2-3-8(5-9)10(14)6-11/h2-5H,6H2,1H3,(H,12,13). The number of rotatable bonds is 3. The topological polar surface area (TPSA) is 46.2 Å². The van der Waals surface area contributed by atoms with E-state index in [9.17, 15) is 9.59 Å². The van der Waals surface area contributed by atoms with E-state index in [0.717, 1.165) is 0 Å². The average Bonchev–Trinajstić information content (AvgIpc) is 2.16. The number of alkyl halides is 1. The smallest absolute Gasteiger partial charge is 0.221 e. The van der Waals surface area contributed by atoms with E-state index >= 15 is 0 Å². The second-order valence-corrected chi connectivity index (χ2v) is 3.38. The molecule has 0 bridgehead atoms. The van der Waals surface area contributed by atoms with Crippen molar-refractivity contribution in [1.29, 1.82) is 0 Å². The molecule has 0 saturated carbocycles. The van der Waals surface area contributed by atoms with Gasteiger partial charge in [-0.3, -0.25) is 9.59 Å². The Bertz CT molecular complexity index is 363. The Balaban J connectivity index is 2.89. The van der Waals surface area contributed by atoms with Gasteiger partial charge in [-0.05, 0) is 12.1 Å². The van der Waals surface area contributed by atoms with Crippen LogP contribution in [0.25, 0.3) is 0 Å². The Morgan fingerprint density at radius 3 is 2.71 bits per heavy atom. The van der Waals surface area contributed by atoms with Crippen molar-refractivity contribution in [2.24, 2.45) is 0 Å². The van der Waals surface area contributed by atoms with E-state index in [-0.39, 0.29) is 17.0 Å². The van der Waals surface area contributed by atoms with Crippen molar-refractivity contribution < 1.29 is 9.59 Å². The maximum atomic E-state index is 11.3. The van der Waals surface area contributed by atoms with Crippen LogP contribution in [0, 0.1) is 0 Å². The summed E-state index contributed by atoms with van der Waals surface area (Å²) in [6.07, 6.45) is 0. The van der Waals surface area contributed by atoms with Gasteiger partial charge in [-0.15, -0.1) is 0 Å². The molecule has 0 saturated heterocycles. The number of hydrogen-bond donors (Lipinski definition) is 1. The minimum Gasteiger partial charge on any atom is -0.326 e. The van der Waals surface area contributed by atoms with Crippen molar-refractivity contribution in [3.63, 3.8) is 0 Å². The van der Waals surface area contributed by atoms with Crippen molar-refractivity contribution >= 4 is 33.3 Å². The Morgan fingerprint density at radius 1 is 1.43 bits per heavy atom. The predicted molar refractivity (Wildman–Crippen MR) is 58.9 cm³/mol. The van der Waals surface area contributed by atoms with Crippen LogP contribution >= 0.6 is 15.9 Å². The van der Waals surface area contributed by atoms with Crippen LogP contribution in [-0.4, -0.2) is 17.0 Å². The fourth-order valence-corrected chi connectivity index (χ4v) is 1.37. The molecule has 1 N–H and O–H groups in total. The minimum atomic E-state index is -0.145. The molecule has 4 heteroatoms. The molecule has 3 nitrogen and oxygen atoms in total. The fourth-order valence-electron chi connectivity index (χ4n) is 1.05. The van der Waals surface area contributed by atoms with Crippen molar-refractivity contribution in [3.8, 4) is 0 Å². The number of amides is 1. The number of nitrogens with one attached hydrogen (secondary N) is 1. The van der Waals surface area contributed by atoms with Gasteiger partial charge < -0.3 is 5.32 Å². The van der Waals surface area contributed by atoms with Crippen molar-refractivity contribution in [2.45, 2.75) is 6.92 Å². The lowest BCUT2D eigenvalue weighted by Gasteiger charge is -2.03. The molecule has 0 aliphatic rings. The van der Waals surface area contributed by atoms with Crippen molar-refractivity contribution in [2.75, 3.05) is 10.6 Å². The number of carbonyl (C=O) groups is 2.